The number of hydrogen-bond acceptors (Lipinski definition) is 3. The molecule has 0 saturated carbocycles. The van der Waals surface area contributed by atoms with Gasteiger partial charge in [-0.3, -0.25) is 4.79 Å². The molecular formula is C15H22N2O2. The van der Waals surface area contributed by atoms with Gasteiger partial charge in [0.05, 0.1) is 12.1 Å². The number of ether oxygens (including phenoxy) is 1. The van der Waals surface area contributed by atoms with Crippen LogP contribution in [0.4, 0.5) is 0 Å². The van der Waals surface area contributed by atoms with Crippen molar-refractivity contribution in [1.82, 2.24) is 4.90 Å². The lowest BCUT2D eigenvalue weighted by Crippen LogP contribution is -2.46. The molecule has 1 aliphatic rings. The zero-order chi connectivity index (χ0) is 13.7. The maximum absolute atomic E-state index is 12.3. The third-order valence-electron chi connectivity index (χ3n) is 3.38. The fourth-order valence-corrected chi connectivity index (χ4v) is 2.38. The highest BCUT2D eigenvalue weighted by molar-refractivity contribution is 5.82. The maximum atomic E-state index is 12.3. The molecular weight excluding hydrogens is 240 g/mol. The van der Waals surface area contributed by atoms with Crippen molar-refractivity contribution in [2.45, 2.75) is 31.9 Å². The Morgan fingerprint density at radius 3 is 2.95 bits per heavy atom. The average Bonchev–Trinajstić information content (AvgIpc) is 2.63. The molecule has 1 fully saturated rings. The van der Waals surface area contributed by atoms with Crippen LogP contribution < -0.4 is 5.73 Å². The van der Waals surface area contributed by atoms with E-state index >= 15 is 0 Å². The Labute approximate surface area is 114 Å². The molecule has 1 amide bonds. The van der Waals surface area contributed by atoms with E-state index in [1.807, 2.05) is 42.2 Å². The van der Waals surface area contributed by atoms with Crippen LogP contribution >= 0.6 is 0 Å². The number of rotatable bonds is 3. The van der Waals surface area contributed by atoms with E-state index in [1.165, 1.54) is 0 Å². The number of benzene rings is 1. The highest BCUT2D eigenvalue weighted by Crippen LogP contribution is 2.09. The van der Waals surface area contributed by atoms with E-state index in [4.69, 9.17) is 10.5 Å². The summed E-state index contributed by atoms with van der Waals surface area (Å²) in [5, 5.41) is 0. The predicted molar refractivity (Wildman–Crippen MR) is 74.7 cm³/mol. The third-order valence-corrected chi connectivity index (χ3v) is 3.38. The fraction of sp³-hybridized carbons (Fsp3) is 0.533. The summed E-state index contributed by atoms with van der Waals surface area (Å²) in [4.78, 5) is 14.2. The van der Waals surface area contributed by atoms with Crippen molar-refractivity contribution >= 4 is 5.91 Å². The standard InChI is InChI=1S/C15H22N2O2/c1-12-11-17(8-5-9-19-12)15(18)14(16)10-13-6-3-2-4-7-13/h2-4,6-7,12,14H,5,8-11,16H2,1H3/t12-,14-/m1/s1. The predicted octanol–water partition coefficient (Wildman–Crippen LogP) is 1.19. The molecule has 4 nitrogen and oxygen atoms in total. The summed E-state index contributed by atoms with van der Waals surface area (Å²) in [5.74, 6) is 0.0289. The molecule has 2 rings (SSSR count). The Bertz CT molecular complexity index is 408. The minimum atomic E-state index is -0.465. The van der Waals surface area contributed by atoms with Crippen molar-refractivity contribution in [3.05, 3.63) is 35.9 Å². The number of carbonyl (C=O) groups excluding carboxylic acids is 1. The second-order valence-electron chi connectivity index (χ2n) is 5.12. The highest BCUT2D eigenvalue weighted by Gasteiger charge is 2.24. The van der Waals surface area contributed by atoms with E-state index in [0.717, 1.165) is 25.1 Å². The second kappa shape index (κ2) is 6.68. The molecule has 2 atom stereocenters. The van der Waals surface area contributed by atoms with Gasteiger partial charge < -0.3 is 15.4 Å². The second-order valence-corrected chi connectivity index (χ2v) is 5.12. The number of nitrogens with two attached hydrogens (primary N) is 1. The Morgan fingerprint density at radius 1 is 1.47 bits per heavy atom. The molecule has 1 saturated heterocycles. The van der Waals surface area contributed by atoms with Crippen LogP contribution in [0.15, 0.2) is 30.3 Å². The van der Waals surface area contributed by atoms with Crippen LogP contribution in [0.25, 0.3) is 0 Å². The average molecular weight is 262 g/mol. The van der Waals surface area contributed by atoms with E-state index in [0.29, 0.717) is 13.0 Å². The van der Waals surface area contributed by atoms with Gasteiger partial charge >= 0.3 is 0 Å². The highest BCUT2D eigenvalue weighted by atomic mass is 16.5. The van der Waals surface area contributed by atoms with Gasteiger partial charge in [0.1, 0.15) is 0 Å². The van der Waals surface area contributed by atoms with Crippen LogP contribution in [0.5, 0.6) is 0 Å². The molecule has 0 aromatic heterocycles. The third kappa shape index (κ3) is 4.04. The van der Waals surface area contributed by atoms with Gasteiger partial charge in [0.25, 0.3) is 0 Å². The number of carbonyl (C=O) groups is 1. The number of hydrogen-bond donors (Lipinski definition) is 1. The summed E-state index contributed by atoms with van der Waals surface area (Å²) < 4.78 is 5.55. The Balaban J connectivity index is 1.94. The van der Waals surface area contributed by atoms with Crippen molar-refractivity contribution in [2.24, 2.45) is 5.73 Å². The largest absolute Gasteiger partial charge is 0.377 e. The molecule has 0 spiro atoms. The van der Waals surface area contributed by atoms with Crippen LogP contribution in [0.2, 0.25) is 0 Å². The lowest BCUT2D eigenvalue weighted by Gasteiger charge is -2.25. The van der Waals surface area contributed by atoms with Gasteiger partial charge in [0.2, 0.25) is 5.91 Å². The van der Waals surface area contributed by atoms with E-state index < -0.39 is 6.04 Å². The quantitative estimate of drug-likeness (QED) is 0.890. The fourth-order valence-electron chi connectivity index (χ4n) is 2.38. The van der Waals surface area contributed by atoms with Gasteiger partial charge in [-0.25, -0.2) is 0 Å². The van der Waals surface area contributed by atoms with Crippen LogP contribution in [0.3, 0.4) is 0 Å². The van der Waals surface area contributed by atoms with Crippen molar-refractivity contribution in [3.63, 3.8) is 0 Å². The van der Waals surface area contributed by atoms with Gasteiger partial charge in [0.15, 0.2) is 0 Å². The first-order valence-electron chi connectivity index (χ1n) is 6.86. The molecule has 1 heterocycles. The Kier molecular flexibility index (Phi) is 4.93. The summed E-state index contributed by atoms with van der Waals surface area (Å²) >= 11 is 0. The van der Waals surface area contributed by atoms with Crippen molar-refractivity contribution < 1.29 is 9.53 Å². The van der Waals surface area contributed by atoms with E-state index in [2.05, 4.69) is 0 Å². The minimum absolute atomic E-state index is 0.0289. The molecule has 1 aliphatic heterocycles. The zero-order valence-corrected chi connectivity index (χ0v) is 11.4. The summed E-state index contributed by atoms with van der Waals surface area (Å²) in [7, 11) is 0. The first-order chi connectivity index (χ1) is 9.16. The first-order valence-corrected chi connectivity index (χ1v) is 6.86. The number of amides is 1. The normalized spacial score (nSPS) is 21.8. The summed E-state index contributed by atoms with van der Waals surface area (Å²) in [6.07, 6.45) is 1.56. The summed E-state index contributed by atoms with van der Waals surface area (Å²) in [5.41, 5.74) is 7.14. The van der Waals surface area contributed by atoms with Crippen LogP contribution in [-0.2, 0) is 16.0 Å². The van der Waals surface area contributed by atoms with Crippen LogP contribution in [0, 0.1) is 0 Å². The molecule has 0 aliphatic carbocycles. The molecule has 2 N–H and O–H groups in total. The maximum Gasteiger partial charge on any atom is 0.239 e. The van der Waals surface area contributed by atoms with Crippen molar-refractivity contribution in [1.29, 1.82) is 0 Å². The topological polar surface area (TPSA) is 55.6 Å². The van der Waals surface area contributed by atoms with Crippen molar-refractivity contribution in [2.75, 3.05) is 19.7 Å². The van der Waals surface area contributed by atoms with Gasteiger partial charge in [-0.05, 0) is 25.3 Å². The van der Waals surface area contributed by atoms with E-state index in [-0.39, 0.29) is 12.0 Å². The number of nitrogens with zero attached hydrogens (tertiary/aromatic N) is 1. The summed E-state index contributed by atoms with van der Waals surface area (Å²) in [6.45, 7) is 4.10. The van der Waals surface area contributed by atoms with Crippen molar-refractivity contribution in [3.8, 4) is 0 Å². The zero-order valence-electron chi connectivity index (χ0n) is 11.4. The van der Waals surface area contributed by atoms with Gasteiger partial charge in [0, 0.05) is 19.7 Å². The molecule has 4 heteroatoms. The molecule has 0 bridgehead atoms. The van der Waals surface area contributed by atoms with Crippen LogP contribution in [-0.4, -0.2) is 42.6 Å². The molecule has 104 valence electrons. The summed E-state index contributed by atoms with van der Waals surface area (Å²) in [6, 6.07) is 9.43. The van der Waals surface area contributed by atoms with E-state index in [1.54, 1.807) is 0 Å². The monoisotopic (exact) mass is 262 g/mol. The molecule has 1 aromatic carbocycles. The van der Waals surface area contributed by atoms with Gasteiger partial charge in [-0.1, -0.05) is 30.3 Å². The van der Waals surface area contributed by atoms with Gasteiger partial charge in [-0.2, -0.15) is 0 Å². The lowest BCUT2D eigenvalue weighted by molar-refractivity contribution is -0.133. The van der Waals surface area contributed by atoms with Gasteiger partial charge in [-0.15, -0.1) is 0 Å². The van der Waals surface area contributed by atoms with Crippen LogP contribution in [0.1, 0.15) is 18.9 Å². The smallest absolute Gasteiger partial charge is 0.239 e. The minimum Gasteiger partial charge on any atom is -0.377 e. The first kappa shape index (κ1) is 14.0. The molecule has 1 aromatic rings. The lowest BCUT2D eigenvalue weighted by atomic mass is 10.1. The SMILES string of the molecule is C[C@@H]1CN(C(=O)[C@H](N)Cc2ccccc2)CCCO1. The molecule has 0 unspecified atom stereocenters. The molecule has 0 radical (unpaired) electrons. The Morgan fingerprint density at radius 2 is 2.21 bits per heavy atom. The molecule has 19 heavy (non-hydrogen) atoms. The Hall–Kier alpha value is -1.39. The van der Waals surface area contributed by atoms with E-state index in [9.17, 15) is 4.79 Å².